The molecule has 0 radical (unpaired) electrons. The lowest BCUT2D eigenvalue weighted by Gasteiger charge is -2.35. The Balaban J connectivity index is 2.46. The summed E-state index contributed by atoms with van der Waals surface area (Å²) in [6.45, 7) is 2.83. The van der Waals surface area contributed by atoms with Gasteiger partial charge in [0.05, 0.1) is 13.7 Å². The first-order chi connectivity index (χ1) is 13.6. The number of amides is 1. The van der Waals surface area contributed by atoms with Gasteiger partial charge in [0.2, 0.25) is 0 Å². The molecule has 29 heavy (non-hydrogen) atoms. The molecule has 0 unspecified atom stereocenters. The highest BCUT2D eigenvalue weighted by Gasteiger charge is 2.63. The van der Waals surface area contributed by atoms with Gasteiger partial charge in [-0.05, 0) is 50.2 Å². The molecule has 6 nitrogen and oxygen atoms in total. The Hall–Kier alpha value is -3.23. The number of ether oxygens (including phenoxy) is 2. The van der Waals surface area contributed by atoms with E-state index in [2.05, 4.69) is 10.1 Å². The van der Waals surface area contributed by atoms with Gasteiger partial charge < -0.3 is 20.1 Å². The molecule has 1 amide bonds. The summed E-state index contributed by atoms with van der Waals surface area (Å²) in [5.41, 5.74) is -2.77. The van der Waals surface area contributed by atoms with Crippen LogP contribution < -0.4 is 15.4 Å². The fourth-order valence-corrected chi connectivity index (χ4v) is 2.47. The first kappa shape index (κ1) is 22.1. The lowest BCUT2D eigenvalue weighted by molar-refractivity contribution is -0.204. The number of benzene rings is 2. The highest BCUT2D eigenvalue weighted by atomic mass is 19.4. The fourth-order valence-electron chi connectivity index (χ4n) is 2.47. The summed E-state index contributed by atoms with van der Waals surface area (Å²) in [4.78, 5) is 25.0. The number of alkyl halides is 3. The summed E-state index contributed by atoms with van der Waals surface area (Å²) in [5.74, 6) is -2.36. The zero-order chi connectivity index (χ0) is 21.7. The first-order valence-electron chi connectivity index (χ1n) is 8.68. The van der Waals surface area contributed by atoms with Crippen molar-refractivity contribution in [3.8, 4) is 5.75 Å². The number of hydrogen-bond acceptors (Lipinski definition) is 5. The minimum Gasteiger partial charge on any atom is -0.497 e. The van der Waals surface area contributed by atoms with Crippen LogP contribution in [0.3, 0.4) is 0 Å². The van der Waals surface area contributed by atoms with Crippen LogP contribution in [0.1, 0.15) is 22.8 Å². The van der Waals surface area contributed by atoms with Crippen LogP contribution in [0, 0.1) is 6.92 Å². The molecule has 156 valence electrons. The average Bonchev–Trinajstić information content (AvgIpc) is 2.68. The summed E-state index contributed by atoms with van der Waals surface area (Å²) in [7, 11) is 1.41. The fraction of sp³-hybridized carbons (Fsp3) is 0.300. The van der Waals surface area contributed by atoms with Crippen LogP contribution >= 0.6 is 0 Å². The van der Waals surface area contributed by atoms with Gasteiger partial charge in [-0.3, -0.25) is 4.79 Å². The third-order valence-electron chi connectivity index (χ3n) is 4.04. The maximum absolute atomic E-state index is 14.1. The molecule has 0 aliphatic rings. The number of carbonyl (C=O) groups excluding carboxylic acids is 2. The molecule has 1 atom stereocenters. The number of esters is 1. The van der Waals surface area contributed by atoms with E-state index in [0.717, 1.165) is 5.56 Å². The molecule has 9 heteroatoms. The summed E-state index contributed by atoms with van der Waals surface area (Å²) < 4.78 is 51.9. The van der Waals surface area contributed by atoms with E-state index in [4.69, 9.17) is 4.74 Å². The molecule has 0 fully saturated rings. The Bertz CT molecular complexity index is 852. The first-order valence-corrected chi connectivity index (χ1v) is 8.68. The van der Waals surface area contributed by atoms with E-state index < -0.39 is 23.7 Å². The van der Waals surface area contributed by atoms with E-state index >= 15 is 0 Å². The molecule has 2 rings (SSSR count). The molecule has 0 saturated carbocycles. The van der Waals surface area contributed by atoms with E-state index in [-0.39, 0.29) is 17.9 Å². The summed E-state index contributed by atoms with van der Waals surface area (Å²) in [6.07, 6.45) is -5.20. The largest absolute Gasteiger partial charge is 0.497 e. The smallest absolute Gasteiger partial charge is 0.441 e. The highest BCUT2D eigenvalue weighted by molar-refractivity contribution is 5.99. The maximum Gasteiger partial charge on any atom is 0.441 e. The molecular weight excluding hydrogens is 389 g/mol. The lowest BCUT2D eigenvalue weighted by atomic mass is 10.1. The van der Waals surface area contributed by atoms with Crippen molar-refractivity contribution in [2.24, 2.45) is 0 Å². The number of methoxy groups -OCH3 is 1. The van der Waals surface area contributed by atoms with E-state index in [1.165, 1.54) is 50.4 Å². The molecular formula is C20H21F3N2O4. The third kappa shape index (κ3) is 4.98. The second-order valence-corrected chi connectivity index (χ2v) is 6.14. The molecule has 0 spiro atoms. The van der Waals surface area contributed by atoms with Gasteiger partial charge in [0.1, 0.15) is 5.75 Å². The van der Waals surface area contributed by atoms with Gasteiger partial charge in [-0.25, -0.2) is 4.79 Å². The topological polar surface area (TPSA) is 76.7 Å². The van der Waals surface area contributed by atoms with Crippen molar-refractivity contribution in [1.29, 1.82) is 0 Å². The van der Waals surface area contributed by atoms with Crippen molar-refractivity contribution < 1.29 is 32.2 Å². The lowest BCUT2D eigenvalue weighted by Crippen LogP contribution is -2.69. The summed E-state index contributed by atoms with van der Waals surface area (Å²) in [5, 5.41) is 3.89. The molecule has 2 aromatic carbocycles. The quantitative estimate of drug-likeness (QED) is 0.538. The minimum absolute atomic E-state index is 0.0176. The van der Waals surface area contributed by atoms with E-state index in [1.54, 1.807) is 24.4 Å². The van der Waals surface area contributed by atoms with Gasteiger partial charge >= 0.3 is 17.8 Å². The second kappa shape index (κ2) is 8.85. The Morgan fingerprint density at radius 1 is 1.00 bits per heavy atom. The van der Waals surface area contributed by atoms with Gasteiger partial charge in [0, 0.05) is 11.3 Å². The van der Waals surface area contributed by atoms with Crippen LogP contribution in [-0.4, -0.2) is 37.4 Å². The zero-order valence-electron chi connectivity index (χ0n) is 16.1. The van der Waals surface area contributed by atoms with Crippen molar-refractivity contribution in [2.75, 3.05) is 19.0 Å². The number of halogens is 3. The summed E-state index contributed by atoms with van der Waals surface area (Å²) >= 11 is 0. The van der Waals surface area contributed by atoms with Crippen molar-refractivity contribution in [1.82, 2.24) is 5.32 Å². The van der Waals surface area contributed by atoms with Crippen LogP contribution in [0.5, 0.6) is 5.75 Å². The van der Waals surface area contributed by atoms with Crippen LogP contribution in [0.25, 0.3) is 0 Å². The van der Waals surface area contributed by atoms with Crippen molar-refractivity contribution in [3.05, 3.63) is 59.7 Å². The molecule has 2 aromatic rings. The molecule has 0 aromatic heterocycles. The van der Waals surface area contributed by atoms with Crippen LogP contribution in [0.15, 0.2) is 48.5 Å². The predicted molar refractivity (Wildman–Crippen MR) is 101 cm³/mol. The van der Waals surface area contributed by atoms with Crippen LogP contribution in [0.2, 0.25) is 0 Å². The predicted octanol–water partition coefficient (Wildman–Crippen LogP) is 3.67. The molecule has 0 saturated heterocycles. The Morgan fingerprint density at radius 3 is 2.07 bits per heavy atom. The van der Waals surface area contributed by atoms with Gasteiger partial charge in [0.25, 0.3) is 5.91 Å². The average molecular weight is 410 g/mol. The van der Waals surface area contributed by atoms with E-state index in [1.807, 2.05) is 0 Å². The zero-order valence-corrected chi connectivity index (χ0v) is 16.1. The molecule has 2 N–H and O–H groups in total. The van der Waals surface area contributed by atoms with Crippen LogP contribution in [-0.2, 0) is 9.53 Å². The third-order valence-corrected chi connectivity index (χ3v) is 4.04. The number of hydrogen-bond donors (Lipinski definition) is 2. The number of nitrogens with one attached hydrogen (secondary N) is 2. The Labute approximate surface area is 166 Å². The second-order valence-electron chi connectivity index (χ2n) is 6.14. The van der Waals surface area contributed by atoms with Gasteiger partial charge in [-0.15, -0.1) is 0 Å². The number of anilines is 1. The number of carbonyl (C=O) groups is 2. The van der Waals surface area contributed by atoms with E-state index in [0.29, 0.717) is 5.75 Å². The number of aryl methyl sites for hydroxylation is 1. The number of rotatable bonds is 7. The van der Waals surface area contributed by atoms with Gasteiger partial charge in [-0.1, -0.05) is 17.7 Å². The van der Waals surface area contributed by atoms with Crippen molar-refractivity contribution in [2.45, 2.75) is 25.7 Å². The van der Waals surface area contributed by atoms with E-state index in [9.17, 15) is 22.8 Å². The maximum atomic E-state index is 14.1. The standard InChI is InChI=1S/C20H21F3N2O4/c1-4-29-18(27)19(20(21,22)23,24-15-9-5-13(2)6-10-15)25-17(26)14-7-11-16(28-3)12-8-14/h5-12,24H,4H2,1-3H3,(H,25,26)/t19-/m1/s1. The van der Waals surface area contributed by atoms with Gasteiger partial charge in [0.15, 0.2) is 0 Å². The Kier molecular flexibility index (Phi) is 6.73. The monoisotopic (exact) mass is 410 g/mol. The van der Waals surface area contributed by atoms with Crippen molar-refractivity contribution in [3.63, 3.8) is 0 Å². The normalized spacial score (nSPS) is 13.2. The highest BCUT2D eigenvalue weighted by Crippen LogP contribution is 2.33. The molecule has 0 aliphatic carbocycles. The SMILES string of the molecule is CCOC(=O)[C@](NC(=O)c1ccc(OC)cc1)(Nc1ccc(C)cc1)C(F)(F)F. The summed E-state index contributed by atoms with van der Waals surface area (Å²) in [6, 6.07) is 11.3. The Morgan fingerprint density at radius 2 is 1.59 bits per heavy atom. The van der Waals surface area contributed by atoms with Gasteiger partial charge in [-0.2, -0.15) is 13.2 Å². The van der Waals surface area contributed by atoms with Crippen LogP contribution in [0.4, 0.5) is 18.9 Å². The molecule has 0 aliphatic heterocycles. The van der Waals surface area contributed by atoms with Crippen molar-refractivity contribution >= 4 is 17.6 Å². The molecule has 0 heterocycles. The minimum atomic E-state index is -5.20. The molecule has 0 bridgehead atoms.